The summed E-state index contributed by atoms with van der Waals surface area (Å²) in [7, 11) is 0. The Kier molecular flexibility index (Phi) is 3.26. The molecule has 0 atom stereocenters. The summed E-state index contributed by atoms with van der Waals surface area (Å²) in [6.45, 7) is 0. The van der Waals surface area contributed by atoms with Gasteiger partial charge in [0, 0.05) is 6.20 Å². The zero-order chi connectivity index (χ0) is 9.30. The van der Waals surface area contributed by atoms with Crippen LogP contribution in [0.3, 0.4) is 0 Å². The van der Waals surface area contributed by atoms with E-state index in [0.29, 0.717) is 0 Å². The summed E-state index contributed by atoms with van der Waals surface area (Å²) < 4.78 is 24.7. The lowest BCUT2D eigenvalue weighted by Gasteiger charge is -2.05. The van der Waals surface area contributed by atoms with Gasteiger partial charge in [-0.05, 0) is 15.9 Å². The Hall–Kier alpha value is 0.0700. The van der Waals surface area contributed by atoms with Crippen LogP contribution < -0.4 is 0 Å². The van der Waals surface area contributed by atoms with Gasteiger partial charge in [0.2, 0.25) is 0 Å². The summed E-state index contributed by atoms with van der Waals surface area (Å²) in [6, 6.07) is 0. The summed E-state index contributed by atoms with van der Waals surface area (Å²) >= 11 is 13.9. The molecule has 0 spiro atoms. The molecular weight excluding hydrogens is 275 g/mol. The molecule has 0 aromatic carbocycles. The van der Waals surface area contributed by atoms with E-state index in [-0.39, 0.29) is 20.2 Å². The number of hydrogen-bond acceptors (Lipinski definition) is 1. The van der Waals surface area contributed by atoms with Crippen molar-refractivity contribution in [3.05, 3.63) is 26.4 Å². The molecule has 0 unspecified atom stereocenters. The van der Waals surface area contributed by atoms with Gasteiger partial charge in [0.05, 0.1) is 15.6 Å². The predicted molar refractivity (Wildman–Crippen MR) is 46.9 cm³/mol. The van der Waals surface area contributed by atoms with Crippen molar-refractivity contribution in [1.29, 1.82) is 0 Å². The molecule has 0 aliphatic heterocycles. The van der Waals surface area contributed by atoms with E-state index >= 15 is 0 Å². The van der Waals surface area contributed by atoms with Crippen LogP contribution in [0.4, 0.5) is 8.78 Å². The molecule has 0 amide bonds. The Bertz CT molecular complexity index is 306. The number of rotatable bonds is 1. The number of alkyl halides is 2. The third kappa shape index (κ3) is 1.87. The van der Waals surface area contributed by atoms with Gasteiger partial charge in [0.25, 0.3) is 6.43 Å². The van der Waals surface area contributed by atoms with Crippen molar-refractivity contribution in [1.82, 2.24) is 4.98 Å². The van der Waals surface area contributed by atoms with Gasteiger partial charge in [0.1, 0.15) is 4.60 Å². The van der Waals surface area contributed by atoms with Crippen LogP contribution in [0.5, 0.6) is 0 Å². The van der Waals surface area contributed by atoms with E-state index in [0.717, 1.165) is 6.20 Å². The first-order chi connectivity index (χ1) is 5.54. The SMILES string of the molecule is FC(F)c1c(Cl)cnc(Br)c1Cl. The summed E-state index contributed by atoms with van der Waals surface area (Å²) in [6.07, 6.45) is -1.57. The molecule has 0 fully saturated rings. The zero-order valence-electron chi connectivity index (χ0n) is 5.49. The highest BCUT2D eigenvalue weighted by atomic mass is 79.9. The number of halogens is 5. The van der Waals surface area contributed by atoms with Gasteiger partial charge in [0.15, 0.2) is 0 Å². The quantitative estimate of drug-likeness (QED) is 0.704. The van der Waals surface area contributed by atoms with Crippen molar-refractivity contribution in [2.45, 2.75) is 6.43 Å². The molecule has 0 saturated carbocycles. The third-order valence-electron chi connectivity index (χ3n) is 1.18. The maximum absolute atomic E-state index is 12.3. The van der Waals surface area contributed by atoms with Crippen molar-refractivity contribution in [3.63, 3.8) is 0 Å². The van der Waals surface area contributed by atoms with E-state index in [4.69, 9.17) is 23.2 Å². The van der Waals surface area contributed by atoms with Crippen LogP contribution >= 0.6 is 39.1 Å². The van der Waals surface area contributed by atoms with Crippen LogP contribution in [0, 0.1) is 0 Å². The minimum atomic E-state index is -2.69. The van der Waals surface area contributed by atoms with E-state index in [1.54, 1.807) is 0 Å². The molecule has 6 heteroatoms. The van der Waals surface area contributed by atoms with Crippen molar-refractivity contribution in [2.75, 3.05) is 0 Å². The fourth-order valence-electron chi connectivity index (χ4n) is 0.656. The van der Waals surface area contributed by atoms with E-state index in [1.165, 1.54) is 0 Å². The lowest BCUT2D eigenvalue weighted by Crippen LogP contribution is -1.90. The van der Waals surface area contributed by atoms with Gasteiger partial charge >= 0.3 is 0 Å². The first-order valence-corrected chi connectivity index (χ1v) is 4.36. The topological polar surface area (TPSA) is 12.9 Å². The largest absolute Gasteiger partial charge is 0.266 e. The van der Waals surface area contributed by atoms with Gasteiger partial charge < -0.3 is 0 Å². The van der Waals surface area contributed by atoms with Crippen molar-refractivity contribution in [2.24, 2.45) is 0 Å². The lowest BCUT2D eigenvalue weighted by molar-refractivity contribution is 0.151. The van der Waals surface area contributed by atoms with Gasteiger partial charge in [-0.3, -0.25) is 0 Å². The lowest BCUT2D eigenvalue weighted by atomic mass is 10.3. The molecule has 0 radical (unpaired) electrons. The highest BCUT2D eigenvalue weighted by Gasteiger charge is 2.18. The number of pyridine rings is 1. The van der Waals surface area contributed by atoms with Crippen molar-refractivity contribution >= 4 is 39.1 Å². The van der Waals surface area contributed by atoms with Crippen LogP contribution in [0.2, 0.25) is 10.0 Å². The first-order valence-electron chi connectivity index (χ1n) is 2.81. The maximum Gasteiger partial charge on any atom is 0.266 e. The summed E-state index contributed by atoms with van der Waals surface area (Å²) in [5.41, 5.74) is -0.389. The average molecular weight is 277 g/mol. The van der Waals surface area contributed by atoms with Crippen LogP contribution in [0.15, 0.2) is 10.8 Å². The molecule has 0 bridgehead atoms. The summed E-state index contributed by atoms with van der Waals surface area (Å²) in [4.78, 5) is 3.64. The Balaban J connectivity index is 3.33. The van der Waals surface area contributed by atoms with Gasteiger partial charge in [-0.1, -0.05) is 23.2 Å². The molecule has 1 nitrogen and oxygen atoms in total. The van der Waals surface area contributed by atoms with Crippen LogP contribution in [0.1, 0.15) is 12.0 Å². The second-order valence-corrected chi connectivity index (χ2v) is 3.46. The number of aromatic nitrogens is 1. The van der Waals surface area contributed by atoms with Gasteiger partial charge in [-0.2, -0.15) is 0 Å². The number of hydrogen-bond donors (Lipinski definition) is 0. The van der Waals surface area contributed by atoms with E-state index in [9.17, 15) is 8.78 Å². The first kappa shape index (κ1) is 10.2. The smallest absolute Gasteiger partial charge is 0.246 e. The Labute approximate surface area is 85.8 Å². The monoisotopic (exact) mass is 275 g/mol. The second kappa shape index (κ2) is 3.85. The normalized spacial score (nSPS) is 10.8. The molecule has 0 saturated heterocycles. The molecule has 1 aromatic heterocycles. The van der Waals surface area contributed by atoms with E-state index in [1.807, 2.05) is 0 Å². The zero-order valence-corrected chi connectivity index (χ0v) is 8.59. The van der Waals surface area contributed by atoms with Gasteiger partial charge in [-0.15, -0.1) is 0 Å². The Morgan fingerprint density at radius 3 is 2.42 bits per heavy atom. The van der Waals surface area contributed by atoms with Crippen LogP contribution in [0.25, 0.3) is 0 Å². The fourth-order valence-corrected chi connectivity index (χ4v) is 1.48. The molecule has 1 heterocycles. The molecule has 0 aliphatic carbocycles. The van der Waals surface area contributed by atoms with E-state index < -0.39 is 6.43 Å². The summed E-state index contributed by atoms with van der Waals surface area (Å²) in [5, 5.41) is -0.268. The Morgan fingerprint density at radius 1 is 1.42 bits per heavy atom. The maximum atomic E-state index is 12.3. The summed E-state index contributed by atoms with van der Waals surface area (Å²) in [5.74, 6) is 0. The van der Waals surface area contributed by atoms with Crippen molar-refractivity contribution < 1.29 is 8.78 Å². The minimum Gasteiger partial charge on any atom is -0.246 e. The highest BCUT2D eigenvalue weighted by Crippen LogP contribution is 2.36. The van der Waals surface area contributed by atoms with Crippen LogP contribution in [-0.2, 0) is 0 Å². The Morgan fingerprint density at radius 2 is 2.00 bits per heavy atom. The molecule has 0 N–H and O–H groups in total. The fraction of sp³-hybridized carbons (Fsp3) is 0.167. The molecule has 1 aromatic rings. The predicted octanol–water partition coefficient (Wildman–Crippen LogP) is 4.09. The molecule has 12 heavy (non-hydrogen) atoms. The minimum absolute atomic E-state index is 0.127. The van der Waals surface area contributed by atoms with Crippen LogP contribution in [-0.4, -0.2) is 4.98 Å². The molecule has 66 valence electrons. The molecular formula is C6H2BrCl2F2N. The number of nitrogens with zero attached hydrogens (tertiary/aromatic N) is 1. The third-order valence-corrected chi connectivity index (χ3v) is 2.70. The van der Waals surface area contributed by atoms with Gasteiger partial charge in [-0.25, -0.2) is 13.8 Å². The van der Waals surface area contributed by atoms with Crippen molar-refractivity contribution in [3.8, 4) is 0 Å². The molecule has 0 aliphatic rings. The highest BCUT2D eigenvalue weighted by molar-refractivity contribution is 9.10. The average Bonchev–Trinajstić information content (AvgIpc) is 1.97. The van der Waals surface area contributed by atoms with E-state index in [2.05, 4.69) is 20.9 Å². The molecule has 1 rings (SSSR count). The second-order valence-electron chi connectivity index (χ2n) is 1.93. The standard InChI is InChI=1S/C6H2BrCl2F2N/c7-5-4(9)3(6(10)11)2(8)1-12-5/h1,6H.